The molecule has 0 aromatic rings. The second-order valence-corrected chi connectivity index (χ2v) is 20.0. The number of aliphatic hydroxyl groups is 6. The van der Waals surface area contributed by atoms with Crippen LogP contribution in [0.1, 0.15) is 113 Å². The van der Waals surface area contributed by atoms with Crippen LogP contribution in [0.2, 0.25) is 0 Å². The van der Waals surface area contributed by atoms with Gasteiger partial charge in [0.25, 0.3) is 0 Å². The zero-order chi connectivity index (χ0) is 38.7. The van der Waals surface area contributed by atoms with Crippen molar-refractivity contribution in [3.05, 3.63) is 11.6 Å². The number of allylic oxidation sites excluding steroid dienone is 2. The molecule has 2 aliphatic heterocycles. The van der Waals surface area contributed by atoms with E-state index in [0.29, 0.717) is 18.8 Å². The lowest BCUT2D eigenvalue weighted by atomic mass is 9.33. The summed E-state index contributed by atoms with van der Waals surface area (Å²) in [6.07, 6.45) is -1.73. The molecule has 12 nitrogen and oxygen atoms in total. The number of carboxylic acids is 1. The van der Waals surface area contributed by atoms with Gasteiger partial charge in [0.2, 0.25) is 0 Å². The van der Waals surface area contributed by atoms with Gasteiger partial charge in [-0.25, -0.2) is 0 Å². The molecule has 7 rings (SSSR count). The van der Waals surface area contributed by atoms with Crippen molar-refractivity contribution in [1.29, 1.82) is 0 Å². The first-order valence-corrected chi connectivity index (χ1v) is 20.2. The van der Waals surface area contributed by atoms with E-state index in [1.165, 1.54) is 5.57 Å². The zero-order valence-corrected chi connectivity index (χ0v) is 32.7. The summed E-state index contributed by atoms with van der Waals surface area (Å²) in [7, 11) is 0. The number of carbonyl (C=O) groups is 1. The van der Waals surface area contributed by atoms with Crippen molar-refractivity contribution in [2.75, 3.05) is 13.2 Å². The van der Waals surface area contributed by atoms with E-state index in [1.807, 2.05) is 0 Å². The molecule has 2 saturated heterocycles. The number of ether oxygens (including phenoxy) is 4. The van der Waals surface area contributed by atoms with Crippen molar-refractivity contribution in [3.63, 3.8) is 0 Å². The number of hydrogen-bond acceptors (Lipinski definition) is 11. The highest BCUT2D eigenvalue weighted by Crippen LogP contribution is 2.76. The minimum absolute atomic E-state index is 0.0352. The lowest BCUT2D eigenvalue weighted by Gasteiger charge is -2.71. The van der Waals surface area contributed by atoms with Gasteiger partial charge < -0.3 is 54.7 Å². The Labute approximate surface area is 314 Å². The number of aliphatic carboxylic acids is 1. The molecule has 2 heterocycles. The Bertz CT molecular complexity index is 1440. The molecule has 0 spiro atoms. The molecule has 7 N–H and O–H groups in total. The Morgan fingerprint density at radius 3 is 2.21 bits per heavy atom. The maximum atomic E-state index is 13.0. The summed E-state index contributed by atoms with van der Waals surface area (Å²) in [5.41, 5.74) is -0.251. The van der Waals surface area contributed by atoms with Crippen molar-refractivity contribution >= 4 is 5.97 Å². The molecule has 0 bridgehead atoms. The van der Waals surface area contributed by atoms with Crippen molar-refractivity contribution < 1.29 is 59.5 Å². The van der Waals surface area contributed by atoms with E-state index in [0.717, 1.165) is 51.4 Å². The fraction of sp³-hybridized carbons (Fsp3) is 0.927. The van der Waals surface area contributed by atoms with Gasteiger partial charge in [-0.05, 0) is 111 Å². The molecule has 1 unspecified atom stereocenters. The van der Waals surface area contributed by atoms with E-state index in [9.17, 15) is 40.5 Å². The normalized spacial score (nSPS) is 55.1. The first-order valence-electron chi connectivity index (χ1n) is 20.2. The molecule has 0 amide bonds. The monoisotopic (exact) mass is 750 g/mol. The molecule has 0 aromatic carbocycles. The Morgan fingerprint density at radius 1 is 0.830 bits per heavy atom. The standard InChI is InChI=1S/C41H66O12/c1-21-28(44)30(46)32(53-33-31(47)29(45)24(43)19-50-33)34(51-21)52-27-11-12-37(4)25(38(27,5)20-42)10-13-40(7)26(37)9-8-22-23-18-36(2,3)14-16-41(23,35(48)49)17-15-39(22,40)6/h8,21,23-34,42-47H,9-20H2,1-7H3,(H,48,49)/t21-,23-,24-,25+,26?,27-,28-,29-,30+,31+,32+,33-,34-,37-,38-,39+,40+,41-/m0/s1. The Hall–Kier alpha value is -1.19. The average molecular weight is 751 g/mol. The van der Waals surface area contributed by atoms with Crippen LogP contribution in [-0.4, -0.2) is 116 Å². The van der Waals surface area contributed by atoms with Gasteiger partial charge in [0, 0.05) is 5.41 Å². The van der Waals surface area contributed by atoms with Gasteiger partial charge in [-0.3, -0.25) is 4.79 Å². The summed E-state index contributed by atoms with van der Waals surface area (Å²) < 4.78 is 24.3. The SMILES string of the molecule is C[C@@H]1O[C@@H](O[C@H]2CC[C@]3(C)C4CC=C5[C@@H]6CC(C)(C)CC[C@]6(C(=O)O)CC[C@@]5(C)[C@]4(C)CC[C@H]3[C@]2(C)CO)[C@H](O[C@@H]2OC[C@H](O)[C@H](O)[C@H]2O)[C@H](O)[C@H]1O. The molecule has 7 aliphatic rings. The van der Waals surface area contributed by atoms with E-state index in [1.54, 1.807) is 6.92 Å². The van der Waals surface area contributed by atoms with E-state index < -0.39 is 78.2 Å². The van der Waals surface area contributed by atoms with Crippen molar-refractivity contribution in [2.24, 2.45) is 50.2 Å². The maximum absolute atomic E-state index is 13.0. The van der Waals surface area contributed by atoms with Crippen molar-refractivity contribution in [3.8, 4) is 0 Å². The van der Waals surface area contributed by atoms with Gasteiger partial charge in [0.15, 0.2) is 12.6 Å². The summed E-state index contributed by atoms with van der Waals surface area (Å²) in [6.45, 7) is 15.2. The van der Waals surface area contributed by atoms with E-state index >= 15 is 0 Å². The van der Waals surface area contributed by atoms with E-state index in [4.69, 9.17) is 18.9 Å². The first-order chi connectivity index (χ1) is 24.7. The van der Waals surface area contributed by atoms with Gasteiger partial charge in [-0.1, -0.05) is 53.2 Å². The third kappa shape index (κ3) is 5.85. The van der Waals surface area contributed by atoms with Crippen LogP contribution in [0, 0.1) is 50.2 Å². The predicted molar refractivity (Wildman–Crippen MR) is 192 cm³/mol. The summed E-state index contributed by atoms with van der Waals surface area (Å²) in [6, 6.07) is 0. The smallest absolute Gasteiger partial charge is 0.310 e. The minimum atomic E-state index is -1.61. The van der Waals surface area contributed by atoms with Crippen LogP contribution < -0.4 is 0 Å². The average Bonchev–Trinajstić information content (AvgIpc) is 3.10. The van der Waals surface area contributed by atoms with Crippen LogP contribution in [-0.2, 0) is 23.7 Å². The first kappa shape index (κ1) is 40.0. The molecule has 4 saturated carbocycles. The van der Waals surface area contributed by atoms with Gasteiger partial charge >= 0.3 is 5.97 Å². The minimum Gasteiger partial charge on any atom is -0.481 e. The quantitative estimate of drug-likeness (QED) is 0.155. The van der Waals surface area contributed by atoms with Crippen LogP contribution in [0.5, 0.6) is 0 Å². The number of carboxylic acid groups (broad SMARTS) is 1. The van der Waals surface area contributed by atoms with Crippen LogP contribution in [0.25, 0.3) is 0 Å². The number of rotatable bonds is 6. The molecule has 53 heavy (non-hydrogen) atoms. The Morgan fingerprint density at radius 2 is 1.53 bits per heavy atom. The van der Waals surface area contributed by atoms with Gasteiger partial charge in [-0.2, -0.15) is 0 Å². The highest BCUT2D eigenvalue weighted by molar-refractivity contribution is 5.76. The van der Waals surface area contributed by atoms with E-state index in [2.05, 4.69) is 47.6 Å². The molecule has 18 atom stereocenters. The largest absolute Gasteiger partial charge is 0.481 e. The van der Waals surface area contributed by atoms with Gasteiger partial charge in [0.05, 0.1) is 30.8 Å². The molecule has 6 fully saturated rings. The van der Waals surface area contributed by atoms with Crippen LogP contribution in [0.15, 0.2) is 11.6 Å². The van der Waals surface area contributed by atoms with Crippen LogP contribution >= 0.6 is 0 Å². The van der Waals surface area contributed by atoms with Crippen molar-refractivity contribution in [2.45, 2.75) is 174 Å². The van der Waals surface area contributed by atoms with Crippen LogP contribution in [0.3, 0.4) is 0 Å². The third-order valence-electron chi connectivity index (χ3n) is 17.0. The molecular weight excluding hydrogens is 684 g/mol. The molecule has 5 aliphatic carbocycles. The molecule has 12 heteroatoms. The summed E-state index contributed by atoms with van der Waals surface area (Å²) in [5.74, 6) is -0.200. The summed E-state index contributed by atoms with van der Waals surface area (Å²) in [4.78, 5) is 13.0. The number of aliphatic hydroxyl groups excluding tert-OH is 6. The fourth-order valence-corrected chi connectivity index (χ4v) is 13.3. The lowest BCUT2D eigenvalue weighted by Crippen LogP contribution is -2.67. The van der Waals surface area contributed by atoms with Crippen molar-refractivity contribution in [1.82, 2.24) is 0 Å². The third-order valence-corrected chi connectivity index (χ3v) is 17.0. The molecule has 302 valence electrons. The highest BCUT2D eigenvalue weighted by Gasteiger charge is 2.70. The van der Waals surface area contributed by atoms with Gasteiger partial charge in [-0.15, -0.1) is 0 Å². The maximum Gasteiger partial charge on any atom is 0.310 e. The highest BCUT2D eigenvalue weighted by atomic mass is 16.8. The molecular formula is C41H66O12. The second kappa shape index (κ2) is 13.5. The lowest BCUT2D eigenvalue weighted by molar-refractivity contribution is -0.368. The van der Waals surface area contributed by atoms with Crippen LogP contribution in [0.4, 0.5) is 0 Å². The van der Waals surface area contributed by atoms with E-state index in [-0.39, 0.29) is 46.7 Å². The Balaban J connectivity index is 1.16. The topological polar surface area (TPSA) is 196 Å². The fourth-order valence-electron chi connectivity index (χ4n) is 13.3. The second-order valence-electron chi connectivity index (χ2n) is 20.0. The Kier molecular flexibility index (Phi) is 10.2. The summed E-state index contributed by atoms with van der Waals surface area (Å²) in [5, 5.41) is 74.8. The zero-order valence-electron chi connectivity index (χ0n) is 32.7. The number of hydrogen-bond donors (Lipinski definition) is 7. The van der Waals surface area contributed by atoms with Gasteiger partial charge in [0.1, 0.15) is 36.6 Å². The summed E-state index contributed by atoms with van der Waals surface area (Å²) >= 11 is 0. The predicted octanol–water partition coefficient (Wildman–Crippen LogP) is 3.52. The molecule has 0 radical (unpaired) electrons. The molecule has 0 aromatic heterocycles. The number of fused-ring (bicyclic) bond motifs is 7.